The van der Waals surface area contributed by atoms with Crippen molar-refractivity contribution in [3.8, 4) is 5.75 Å². The number of nitrogens with zero attached hydrogens (tertiary/aromatic N) is 1. The molecule has 0 saturated carbocycles. The number of carbonyl (C=O) groups excluding carboxylic acids is 2. The van der Waals surface area contributed by atoms with E-state index < -0.39 is 11.8 Å². The van der Waals surface area contributed by atoms with E-state index in [2.05, 4.69) is 32.7 Å². The molecule has 1 aliphatic heterocycles. The molecule has 40 heavy (non-hydrogen) atoms. The summed E-state index contributed by atoms with van der Waals surface area (Å²) in [6.45, 7) is 15.2. The van der Waals surface area contributed by atoms with Gasteiger partial charge in [0.05, 0.1) is 23.8 Å². The largest absolute Gasteiger partial charge is 0.493 e. The third-order valence-corrected chi connectivity index (χ3v) is 7.50. The van der Waals surface area contributed by atoms with E-state index in [0.717, 1.165) is 30.0 Å². The van der Waals surface area contributed by atoms with E-state index in [0.29, 0.717) is 34.6 Å². The zero-order valence-electron chi connectivity index (χ0n) is 25.1. The second-order valence-electron chi connectivity index (χ2n) is 11.1. The van der Waals surface area contributed by atoms with Crippen LogP contribution >= 0.6 is 0 Å². The van der Waals surface area contributed by atoms with Gasteiger partial charge in [0.15, 0.2) is 5.78 Å². The first-order chi connectivity index (χ1) is 19.0. The first-order valence-corrected chi connectivity index (χ1v) is 14.3. The number of aromatic nitrogens is 1. The Morgan fingerprint density at radius 2 is 1.82 bits per heavy atom. The molecule has 6 nitrogen and oxygen atoms in total. The van der Waals surface area contributed by atoms with Crippen molar-refractivity contribution in [3.05, 3.63) is 70.9 Å². The predicted octanol–water partition coefficient (Wildman–Crippen LogP) is 6.82. The Labute approximate surface area is 239 Å². The van der Waals surface area contributed by atoms with E-state index in [1.165, 1.54) is 25.0 Å². The summed E-state index contributed by atoms with van der Waals surface area (Å²) in [4.78, 5) is 29.6. The van der Waals surface area contributed by atoms with E-state index in [1.54, 1.807) is 31.3 Å². The Hall–Kier alpha value is -3.48. The molecule has 7 heteroatoms. The fraction of sp³-hybridized carbons (Fsp3) is 0.485. The molecule has 2 aromatic rings. The van der Waals surface area contributed by atoms with Crippen molar-refractivity contribution in [2.75, 3.05) is 6.61 Å². The minimum absolute atomic E-state index is 0.0917. The third-order valence-electron chi connectivity index (χ3n) is 7.50. The third kappa shape index (κ3) is 8.51. The molecule has 0 saturated heterocycles. The van der Waals surface area contributed by atoms with Crippen LogP contribution in [-0.4, -0.2) is 23.3 Å². The highest BCUT2D eigenvalue weighted by Gasteiger charge is 2.30. The van der Waals surface area contributed by atoms with Crippen molar-refractivity contribution in [1.29, 1.82) is 0 Å². The summed E-state index contributed by atoms with van der Waals surface area (Å²) >= 11 is 0. The summed E-state index contributed by atoms with van der Waals surface area (Å²) < 4.78 is 19.4. The lowest BCUT2D eigenvalue weighted by molar-refractivity contribution is -0.118. The summed E-state index contributed by atoms with van der Waals surface area (Å²) in [7, 11) is 0. The Kier molecular flexibility index (Phi) is 12.6. The van der Waals surface area contributed by atoms with Crippen LogP contribution in [0.5, 0.6) is 5.75 Å². The molecule has 1 aliphatic rings. The lowest BCUT2D eigenvalue weighted by Crippen LogP contribution is -2.29. The van der Waals surface area contributed by atoms with Crippen molar-refractivity contribution >= 4 is 22.8 Å². The molecule has 3 rings (SSSR count). The summed E-state index contributed by atoms with van der Waals surface area (Å²) in [6.07, 6.45) is 8.43. The van der Waals surface area contributed by atoms with Crippen molar-refractivity contribution < 1.29 is 18.7 Å². The van der Waals surface area contributed by atoms with Crippen LogP contribution in [0.25, 0.3) is 11.1 Å². The van der Waals surface area contributed by atoms with Gasteiger partial charge in [0.2, 0.25) is 0 Å². The van der Waals surface area contributed by atoms with Crippen LogP contribution in [0.4, 0.5) is 4.39 Å². The van der Waals surface area contributed by atoms with Crippen LogP contribution in [0.2, 0.25) is 0 Å². The number of ether oxygens (including phenoxy) is 1. The lowest BCUT2D eigenvalue weighted by atomic mass is 9.83. The number of primary amides is 1. The molecule has 1 aromatic carbocycles. The molecule has 1 amide bonds. The number of benzene rings is 1. The number of ketones is 1. The van der Waals surface area contributed by atoms with E-state index >= 15 is 0 Å². The van der Waals surface area contributed by atoms with Gasteiger partial charge in [0, 0.05) is 23.5 Å². The van der Waals surface area contributed by atoms with Crippen LogP contribution in [0.1, 0.15) is 96.0 Å². The van der Waals surface area contributed by atoms with Gasteiger partial charge in [-0.15, -0.1) is 0 Å². The number of amides is 1. The van der Waals surface area contributed by atoms with Gasteiger partial charge in [-0.25, -0.2) is 4.39 Å². The average molecular weight is 552 g/mol. The zero-order valence-corrected chi connectivity index (χ0v) is 25.1. The molecule has 4 N–H and O–H groups in total. The fourth-order valence-electron chi connectivity index (χ4n) is 4.92. The van der Waals surface area contributed by atoms with E-state index in [1.807, 2.05) is 13.8 Å². The number of fused-ring (bicyclic) bond motifs is 1. The maximum absolute atomic E-state index is 13.7. The van der Waals surface area contributed by atoms with Gasteiger partial charge >= 0.3 is 0 Å². The highest BCUT2D eigenvalue weighted by atomic mass is 19.1. The Morgan fingerprint density at radius 3 is 2.35 bits per heavy atom. The summed E-state index contributed by atoms with van der Waals surface area (Å²) in [5.41, 5.74) is 14.3. The molecule has 1 aromatic heterocycles. The van der Waals surface area contributed by atoms with Crippen LogP contribution in [0, 0.1) is 23.6 Å². The van der Waals surface area contributed by atoms with Crippen LogP contribution in [-0.2, 0) is 16.0 Å². The number of allylic oxidation sites excluding steroid dienone is 2. The normalized spacial score (nSPS) is 16.8. The number of carbonyl (C=O) groups is 2. The number of nitrogens with two attached hydrogens (primary N) is 2. The fourth-order valence-corrected chi connectivity index (χ4v) is 4.92. The molecule has 0 aliphatic carbocycles. The number of Topliss-reactive ketones (excluding diaryl/α,β-unsaturated/α-hetero) is 1. The monoisotopic (exact) mass is 551 g/mol. The number of halogens is 1. The summed E-state index contributed by atoms with van der Waals surface area (Å²) in [5, 5.41) is 0. The second kappa shape index (κ2) is 15.3. The zero-order chi connectivity index (χ0) is 30.0. The number of pyridine rings is 1. The van der Waals surface area contributed by atoms with Crippen molar-refractivity contribution in [1.82, 2.24) is 4.98 Å². The maximum Gasteiger partial charge on any atom is 0.252 e. The van der Waals surface area contributed by atoms with Crippen molar-refractivity contribution in [2.24, 2.45) is 29.2 Å². The average Bonchev–Trinajstić information content (AvgIpc) is 2.93. The van der Waals surface area contributed by atoms with Gasteiger partial charge in [0.25, 0.3) is 5.91 Å². The van der Waals surface area contributed by atoms with Crippen molar-refractivity contribution in [3.63, 3.8) is 0 Å². The van der Waals surface area contributed by atoms with Gasteiger partial charge < -0.3 is 16.2 Å². The smallest absolute Gasteiger partial charge is 0.252 e. The molecule has 0 fully saturated rings. The molecule has 0 spiro atoms. The Morgan fingerprint density at radius 1 is 1.12 bits per heavy atom. The van der Waals surface area contributed by atoms with Gasteiger partial charge in [-0.1, -0.05) is 54.0 Å². The molecule has 3 atom stereocenters. The molecule has 0 radical (unpaired) electrons. The van der Waals surface area contributed by atoms with Gasteiger partial charge in [-0.2, -0.15) is 0 Å². The lowest BCUT2D eigenvalue weighted by Gasteiger charge is -2.26. The highest BCUT2D eigenvalue weighted by Crippen LogP contribution is 2.34. The molecule has 218 valence electrons. The van der Waals surface area contributed by atoms with Gasteiger partial charge in [-0.3, -0.25) is 14.6 Å². The van der Waals surface area contributed by atoms with Crippen molar-refractivity contribution in [2.45, 2.75) is 80.1 Å². The minimum atomic E-state index is -0.671. The van der Waals surface area contributed by atoms with Crippen LogP contribution in [0.3, 0.4) is 0 Å². The first-order valence-electron chi connectivity index (χ1n) is 14.3. The van der Waals surface area contributed by atoms with E-state index in [-0.39, 0.29) is 29.7 Å². The quantitative estimate of drug-likeness (QED) is 0.315. The topological polar surface area (TPSA) is 108 Å². The molecule has 3 unspecified atom stereocenters. The Bertz CT molecular complexity index is 1240. The van der Waals surface area contributed by atoms with E-state index in [9.17, 15) is 14.0 Å². The molecular weight excluding hydrogens is 505 g/mol. The summed E-state index contributed by atoms with van der Waals surface area (Å²) in [5.74, 6) is 0.949. The molecule has 2 heterocycles. The SMILES string of the molecule is C/C=C(/C(=O)C1COc2ccc(F)cc2C1)c1cnc(/C(=C/N)C(N)=O)cc1C(C)CC.CCC(C)CC(C)C. The standard InChI is InChI=1S/C25H28FN3O3.C8H18/c1-4-14(3)19-10-22(20(11-27)25(28)31)29-12-21(19)18(5-2)24(30)16-8-15-9-17(26)6-7-23(15)32-13-16;1-5-8(4)6-7(2)3/h5-7,9-12,14,16H,4,8,13,27H2,1-3H3,(H2,28,31);7-8H,5-6H2,1-4H3/b18-5+,20-11-;. The summed E-state index contributed by atoms with van der Waals surface area (Å²) in [6, 6.07) is 6.12. The Balaban J connectivity index is 0.000000611. The predicted molar refractivity (Wildman–Crippen MR) is 161 cm³/mol. The van der Waals surface area contributed by atoms with Crippen LogP contribution in [0.15, 0.2) is 42.7 Å². The second-order valence-corrected chi connectivity index (χ2v) is 11.1. The van der Waals surface area contributed by atoms with E-state index in [4.69, 9.17) is 16.2 Å². The first kappa shape index (κ1) is 32.7. The number of hydrogen-bond donors (Lipinski definition) is 2. The van der Waals surface area contributed by atoms with Gasteiger partial charge in [0.1, 0.15) is 11.6 Å². The molecular formula is C33H46FN3O3. The maximum atomic E-state index is 13.7. The van der Waals surface area contributed by atoms with Crippen LogP contribution < -0.4 is 16.2 Å². The van der Waals surface area contributed by atoms with Gasteiger partial charge in [-0.05, 0) is 79.3 Å². The minimum Gasteiger partial charge on any atom is -0.493 e. The number of rotatable bonds is 10. The number of hydrogen-bond acceptors (Lipinski definition) is 5. The molecule has 0 bridgehead atoms. The highest BCUT2D eigenvalue weighted by molar-refractivity contribution is 6.22.